The van der Waals surface area contributed by atoms with Crippen molar-refractivity contribution < 1.29 is 8.42 Å². The van der Waals surface area contributed by atoms with Crippen LogP contribution in [0, 0.1) is 0 Å². The first-order valence-electron chi connectivity index (χ1n) is 6.58. The van der Waals surface area contributed by atoms with E-state index < -0.39 is 10.0 Å². The molecule has 0 radical (unpaired) electrons. The maximum absolute atomic E-state index is 12.2. The minimum atomic E-state index is -3.48. The molecule has 1 N–H and O–H groups in total. The Hall–Kier alpha value is -1.66. The molecule has 1 aromatic heterocycles. The second kappa shape index (κ2) is 6.19. The fraction of sp³-hybridized carbons (Fsp3) is 0.357. The Morgan fingerprint density at radius 2 is 1.90 bits per heavy atom. The van der Waals surface area contributed by atoms with Crippen LogP contribution < -0.4 is 4.72 Å². The second-order valence-corrected chi connectivity index (χ2v) is 6.43. The first kappa shape index (κ1) is 14.7. The number of sulfonamides is 1. The Labute approximate surface area is 119 Å². The average molecular weight is 293 g/mol. The third kappa shape index (κ3) is 3.46. The first-order valence-corrected chi connectivity index (χ1v) is 8.06. The molecule has 0 aliphatic carbocycles. The van der Waals surface area contributed by atoms with E-state index in [2.05, 4.69) is 16.7 Å². The van der Waals surface area contributed by atoms with Gasteiger partial charge in [0.05, 0.1) is 17.1 Å². The SMILES string of the molecule is CCCc1ccc(S(=O)(=O)NCc2ccnn2C)cc1. The number of nitrogens with zero attached hydrogens (tertiary/aromatic N) is 2. The molecule has 2 rings (SSSR count). The van der Waals surface area contributed by atoms with Gasteiger partial charge in [0.1, 0.15) is 0 Å². The highest BCUT2D eigenvalue weighted by atomic mass is 32.2. The Balaban J connectivity index is 2.08. The number of nitrogens with one attached hydrogen (secondary N) is 1. The average Bonchev–Trinajstić information content (AvgIpc) is 2.83. The van der Waals surface area contributed by atoms with Gasteiger partial charge in [0.15, 0.2) is 0 Å². The van der Waals surface area contributed by atoms with Crippen molar-refractivity contribution in [3.8, 4) is 0 Å². The van der Waals surface area contributed by atoms with Gasteiger partial charge >= 0.3 is 0 Å². The van der Waals surface area contributed by atoms with Gasteiger partial charge in [0, 0.05) is 13.2 Å². The Bertz CT molecular complexity index is 660. The Morgan fingerprint density at radius 3 is 2.45 bits per heavy atom. The van der Waals surface area contributed by atoms with Crippen molar-refractivity contribution in [1.29, 1.82) is 0 Å². The lowest BCUT2D eigenvalue weighted by Gasteiger charge is -2.08. The molecule has 0 bridgehead atoms. The van der Waals surface area contributed by atoms with Crippen LogP contribution >= 0.6 is 0 Å². The van der Waals surface area contributed by atoms with Crippen LogP contribution in [-0.4, -0.2) is 18.2 Å². The highest BCUT2D eigenvalue weighted by Crippen LogP contribution is 2.12. The zero-order chi connectivity index (χ0) is 14.6. The summed E-state index contributed by atoms with van der Waals surface area (Å²) in [5, 5.41) is 4.00. The molecule has 1 aromatic carbocycles. The van der Waals surface area contributed by atoms with Gasteiger partial charge < -0.3 is 0 Å². The van der Waals surface area contributed by atoms with Crippen molar-refractivity contribution in [2.24, 2.45) is 7.05 Å². The summed E-state index contributed by atoms with van der Waals surface area (Å²) in [6, 6.07) is 8.81. The van der Waals surface area contributed by atoms with E-state index in [4.69, 9.17) is 0 Å². The number of aromatic nitrogens is 2. The van der Waals surface area contributed by atoms with Gasteiger partial charge in [-0.2, -0.15) is 5.10 Å². The molecule has 20 heavy (non-hydrogen) atoms. The van der Waals surface area contributed by atoms with Crippen molar-refractivity contribution in [1.82, 2.24) is 14.5 Å². The van der Waals surface area contributed by atoms with E-state index >= 15 is 0 Å². The molecule has 108 valence electrons. The zero-order valence-electron chi connectivity index (χ0n) is 11.7. The molecule has 0 aliphatic rings. The van der Waals surface area contributed by atoms with Gasteiger partial charge in [-0.3, -0.25) is 4.68 Å². The lowest BCUT2D eigenvalue weighted by molar-refractivity contribution is 0.577. The van der Waals surface area contributed by atoms with Crippen LogP contribution in [0.15, 0.2) is 41.4 Å². The molecule has 0 atom stereocenters. The summed E-state index contributed by atoms with van der Waals surface area (Å²) in [6.07, 6.45) is 3.65. The molecule has 0 saturated heterocycles. The van der Waals surface area contributed by atoms with Crippen molar-refractivity contribution in [3.63, 3.8) is 0 Å². The summed E-state index contributed by atoms with van der Waals surface area (Å²) in [6.45, 7) is 2.33. The maximum atomic E-state index is 12.2. The van der Waals surface area contributed by atoms with Crippen molar-refractivity contribution in [2.75, 3.05) is 0 Å². The Kier molecular flexibility index (Phi) is 4.57. The molecule has 0 aliphatic heterocycles. The fourth-order valence-corrected chi connectivity index (χ4v) is 2.95. The lowest BCUT2D eigenvalue weighted by Crippen LogP contribution is -2.24. The smallest absolute Gasteiger partial charge is 0.240 e. The topological polar surface area (TPSA) is 64.0 Å². The standard InChI is InChI=1S/C14H19N3O2S/c1-3-4-12-5-7-14(8-6-12)20(18,19)16-11-13-9-10-15-17(13)2/h5-10,16H,3-4,11H2,1-2H3. The number of hydrogen-bond donors (Lipinski definition) is 1. The van der Waals surface area contributed by atoms with Crippen LogP contribution in [0.2, 0.25) is 0 Å². The van der Waals surface area contributed by atoms with Gasteiger partial charge in [0.2, 0.25) is 10.0 Å². The van der Waals surface area contributed by atoms with Crippen LogP contribution in [0.5, 0.6) is 0 Å². The molecular weight excluding hydrogens is 274 g/mol. The summed E-state index contributed by atoms with van der Waals surface area (Å²) in [5.41, 5.74) is 1.97. The van der Waals surface area contributed by atoms with E-state index in [0.717, 1.165) is 24.1 Å². The molecule has 5 nitrogen and oxygen atoms in total. The highest BCUT2D eigenvalue weighted by Gasteiger charge is 2.14. The third-order valence-corrected chi connectivity index (χ3v) is 4.56. The predicted molar refractivity (Wildman–Crippen MR) is 77.7 cm³/mol. The molecular formula is C14H19N3O2S. The molecule has 2 aromatic rings. The lowest BCUT2D eigenvalue weighted by atomic mass is 10.1. The van der Waals surface area contributed by atoms with E-state index in [1.54, 1.807) is 36.1 Å². The van der Waals surface area contributed by atoms with E-state index in [9.17, 15) is 8.42 Å². The van der Waals surface area contributed by atoms with E-state index in [1.165, 1.54) is 0 Å². The van der Waals surface area contributed by atoms with Crippen LogP contribution in [0.4, 0.5) is 0 Å². The zero-order valence-corrected chi connectivity index (χ0v) is 12.5. The second-order valence-electron chi connectivity index (χ2n) is 4.66. The van der Waals surface area contributed by atoms with Crippen LogP contribution in [0.25, 0.3) is 0 Å². The van der Waals surface area contributed by atoms with Crippen LogP contribution in [0.3, 0.4) is 0 Å². The number of rotatable bonds is 6. The van der Waals surface area contributed by atoms with Crippen molar-refractivity contribution in [3.05, 3.63) is 47.8 Å². The monoisotopic (exact) mass is 293 g/mol. The molecule has 0 saturated carbocycles. The van der Waals surface area contributed by atoms with E-state index in [1.807, 2.05) is 12.1 Å². The van der Waals surface area contributed by atoms with Crippen LogP contribution in [0.1, 0.15) is 24.6 Å². The Morgan fingerprint density at radius 1 is 1.20 bits per heavy atom. The number of benzene rings is 1. The van der Waals surface area contributed by atoms with E-state index in [0.29, 0.717) is 4.90 Å². The van der Waals surface area contributed by atoms with Crippen molar-refractivity contribution in [2.45, 2.75) is 31.2 Å². The molecule has 6 heteroatoms. The highest BCUT2D eigenvalue weighted by molar-refractivity contribution is 7.89. The normalized spacial score (nSPS) is 11.7. The van der Waals surface area contributed by atoms with Gasteiger partial charge in [0.25, 0.3) is 0 Å². The van der Waals surface area contributed by atoms with Gasteiger partial charge in [-0.1, -0.05) is 25.5 Å². The summed E-state index contributed by atoms with van der Waals surface area (Å²) in [5.74, 6) is 0. The number of hydrogen-bond acceptors (Lipinski definition) is 3. The molecule has 0 amide bonds. The van der Waals surface area contributed by atoms with Gasteiger partial charge in [-0.25, -0.2) is 13.1 Å². The number of aryl methyl sites for hydroxylation is 2. The summed E-state index contributed by atoms with van der Waals surface area (Å²) < 4.78 is 28.6. The largest absolute Gasteiger partial charge is 0.271 e. The first-order chi connectivity index (χ1) is 9.53. The summed E-state index contributed by atoms with van der Waals surface area (Å²) in [4.78, 5) is 0.291. The molecule has 0 spiro atoms. The minimum Gasteiger partial charge on any atom is -0.271 e. The maximum Gasteiger partial charge on any atom is 0.240 e. The molecule has 0 unspecified atom stereocenters. The molecule has 1 heterocycles. The minimum absolute atomic E-state index is 0.232. The van der Waals surface area contributed by atoms with E-state index in [-0.39, 0.29) is 6.54 Å². The summed E-state index contributed by atoms with van der Waals surface area (Å²) in [7, 11) is -1.70. The predicted octanol–water partition coefficient (Wildman–Crippen LogP) is 1.85. The third-order valence-electron chi connectivity index (χ3n) is 3.14. The van der Waals surface area contributed by atoms with Gasteiger partial charge in [-0.05, 0) is 30.2 Å². The quantitative estimate of drug-likeness (QED) is 0.884. The van der Waals surface area contributed by atoms with Crippen LogP contribution in [-0.2, 0) is 30.0 Å². The molecule has 0 fully saturated rings. The van der Waals surface area contributed by atoms with Crippen molar-refractivity contribution >= 4 is 10.0 Å². The van der Waals surface area contributed by atoms with Gasteiger partial charge in [-0.15, -0.1) is 0 Å². The summed E-state index contributed by atoms with van der Waals surface area (Å²) >= 11 is 0. The fourth-order valence-electron chi connectivity index (χ4n) is 1.95.